The number of halogens is 3. The molecule has 174 valence electrons. The van der Waals surface area contributed by atoms with Crippen molar-refractivity contribution in [3.63, 3.8) is 0 Å². The van der Waals surface area contributed by atoms with Gasteiger partial charge in [0.05, 0.1) is 30.3 Å². The number of nitrogens with zero attached hydrogens (tertiary/aromatic N) is 3. The summed E-state index contributed by atoms with van der Waals surface area (Å²) in [6.45, 7) is 4.84. The molecule has 0 radical (unpaired) electrons. The van der Waals surface area contributed by atoms with Crippen LogP contribution in [0.3, 0.4) is 0 Å². The molecule has 0 bridgehead atoms. The number of rotatable bonds is 7. The van der Waals surface area contributed by atoms with Crippen LogP contribution in [0.5, 0.6) is 11.5 Å². The maximum absolute atomic E-state index is 12.9. The van der Waals surface area contributed by atoms with Crippen molar-refractivity contribution in [1.29, 1.82) is 0 Å². The lowest BCUT2D eigenvalue weighted by Crippen LogP contribution is -2.20. The van der Waals surface area contributed by atoms with Crippen LogP contribution in [0, 0.1) is 6.92 Å². The zero-order chi connectivity index (χ0) is 24.3. The Bertz CT molecular complexity index is 1310. The number of hydrogen-bond acceptors (Lipinski definition) is 7. The number of carbonyl (C=O) groups excluding carboxylic acids is 1. The summed E-state index contributed by atoms with van der Waals surface area (Å²) in [6.07, 6.45) is 1.19. The molecule has 1 aromatic heterocycles. The Morgan fingerprint density at radius 1 is 1.30 bits per heavy atom. The third kappa shape index (κ3) is 5.74. The molecule has 0 saturated heterocycles. The Kier molecular flexibility index (Phi) is 8.14. The summed E-state index contributed by atoms with van der Waals surface area (Å²) in [4.78, 5) is 29.2. The molecule has 11 heteroatoms. The first kappa shape index (κ1) is 25.2. The number of benzene rings is 2. The monoisotopic (exact) mass is 599 g/mol. The van der Waals surface area contributed by atoms with Gasteiger partial charge in [0.15, 0.2) is 18.1 Å². The minimum atomic E-state index is -0.532. The Morgan fingerprint density at radius 3 is 2.70 bits per heavy atom. The second kappa shape index (κ2) is 10.7. The summed E-state index contributed by atoms with van der Waals surface area (Å²) >= 11 is 13.2. The first-order chi connectivity index (χ1) is 15.6. The van der Waals surface area contributed by atoms with Gasteiger partial charge in [0, 0.05) is 14.5 Å². The van der Waals surface area contributed by atoms with Crippen LogP contribution in [-0.2, 0) is 9.53 Å². The van der Waals surface area contributed by atoms with Gasteiger partial charge in [0.1, 0.15) is 10.8 Å². The lowest BCUT2D eigenvalue weighted by molar-refractivity contribution is -0.149. The number of methoxy groups -OCH3 is 1. The maximum atomic E-state index is 12.9. The van der Waals surface area contributed by atoms with Crippen molar-refractivity contribution >= 4 is 66.5 Å². The van der Waals surface area contributed by atoms with Crippen LogP contribution in [0.25, 0.3) is 10.9 Å². The highest BCUT2D eigenvalue weighted by Crippen LogP contribution is 2.42. The van der Waals surface area contributed by atoms with Gasteiger partial charge in [-0.1, -0.05) is 27.5 Å². The Balaban J connectivity index is 1.97. The normalized spacial score (nSPS) is 11.4. The average Bonchev–Trinajstić information content (AvgIpc) is 2.75. The van der Waals surface area contributed by atoms with Crippen molar-refractivity contribution in [2.45, 2.75) is 26.9 Å². The quantitative estimate of drug-likeness (QED) is 0.276. The van der Waals surface area contributed by atoms with E-state index in [1.54, 1.807) is 39.0 Å². The van der Waals surface area contributed by atoms with Crippen LogP contribution in [0.2, 0.25) is 5.02 Å². The van der Waals surface area contributed by atoms with Crippen LogP contribution in [0.15, 0.2) is 43.1 Å². The minimum absolute atomic E-state index is 0.175. The summed E-state index contributed by atoms with van der Waals surface area (Å²) < 4.78 is 18.4. The van der Waals surface area contributed by atoms with Crippen LogP contribution >= 0.6 is 43.5 Å². The fourth-order valence-electron chi connectivity index (χ4n) is 2.93. The molecule has 33 heavy (non-hydrogen) atoms. The van der Waals surface area contributed by atoms with E-state index in [1.165, 1.54) is 18.0 Å². The molecule has 0 atom stereocenters. The van der Waals surface area contributed by atoms with Gasteiger partial charge >= 0.3 is 5.97 Å². The number of aromatic nitrogens is 2. The van der Waals surface area contributed by atoms with Crippen LogP contribution < -0.4 is 15.0 Å². The molecule has 0 N–H and O–H groups in total. The fraction of sp³-hybridized carbons (Fsp3) is 0.273. The van der Waals surface area contributed by atoms with Crippen molar-refractivity contribution in [3.05, 3.63) is 60.0 Å². The van der Waals surface area contributed by atoms with Gasteiger partial charge in [-0.2, -0.15) is 9.78 Å². The minimum Gasteiger partial charge on any atom is -0.493 e. The van der Waals surface area contributed by atoms with E-state index in [-0.39, 0.29) is 34.8 Å². The van der Waals surface area contributed by atoms with Gasteiger partial charge in [0.2, 0.25) is 0 Å². The van der Waals surface area contributed by atoms with E-state index in [4.69, 9.17) is 25.8 Å². The summed E-state index contributed by atoms with van der Waals surface area (Å²) in [5.74, 6) is 0.347. The molecule has 0 saturated carbocycles. The first-order valence-electron chi connectivity index (χ1n) is 9.74. The molecule has 0 aliphatic heterocycles. The third-order valence-electron chi connectivity index (χ3n) is 4.36. The van der Waals surface area contributed by atoms with E-state index in [1.807, 2.05) is 6.07 Å². The van der Waals surface area contributed by atoms with Crippen LogP contribution in [-0.4, -0.2) is 41.7 Å². The van der Waals surface area contributed by atoms with Crippen molar-refractivity contribution in [2.75, 3.05) is 13.7 Å². The highest BCUT2D eigenvalue weighted by Gasteiger charge is 2.19. The predicted molar refractivity (Wildman–Crippen MR) is 134 cm³/mol. The zero-order valence-corrected chi connectivity index (χ0v) is 22.1. The Labute approximate surface area is 211 Å². The Morgan fingerprint density at radius 2 is 2.03 bits per heavy atom. The molecule has 0 aliphatic carbocycles. The summed E-state index contributed by atoms with van der Waals surface area (Å²) in [5, 5.41) is 4.92. The Hall–Kier alpha value is -2.43. The van der Waals surface area contributed by atoms with E-state index in [2.05, 4.69) is 41.9 Å². The second-order valence-corrected chi connectivity index (χ2v) is 9.22. The summed E-state index contributed by atoms with van der Waals surface area (Å²) in [6, 6.07) is 6.90. The van der Waals surface area contributed by atoms with Crippen molar-refractivity contribution in [3.8, 4) is 11.5 Å². The van der Waals surface area contributed by atoms with Gasteiger partial charge in [-0.05, 0) is 61.0 Å². The predicted octanol–water partition coefficient (Wildman–Crippen LogP) is 5.10. The topological polar surface area (TPSA) is 92.0 Å². The molecule has 2 aromatic carbocycles. The van der Waals surface area contributed by atoms with E-state index in [9.17, 15) is 9.59 Å². The highest BCUT2D eigenvalue weighted by atomic mass is 79.9. The molecule has 0 aliphatic rings. The number of hydrogen-bond donors (Lipinski definition) is 0. The third-order valence-corrected chi connectivity index (χ3v) is 6.30. The number of aryl methyl sites for hydroxylation is 1. The molecular weight excluding hydrogens is 582 g/mol. The van der Waals surface area contributed by atoms with Gasteiger partial charge in [0.25, 0.3) is 5.56 Å². The van der Waals surface area contributed by atoms with Crippen molar-refractivity contribution in [1.82, 2.24) is 9.66 Å². The van der Waals surface area contributed by atoms with Gasteiger partial charge in [-0.3, -0.25) is 4.79 Å². The molecule has 1 heterocycles. The summed E-state index contributed by atoms with van der Waals surface area (Å²) in [7, 11) is 1.44. The molecule has 3 rings (SSSR count). The number of fused-ring (bicyclic) bond motifs is 1. The maximum Gasteiger partial charge on any atom is 0.344 e. The van der Waals surface area contributed by atoms with E-state index in [0.29, 0.717) is 26.8 Å². The number of esters is 1. The highest BCUT2D eigenvalue weighted by molar-refractivity contribution is 9.10. The fourth-order valence-corrected chi connectivity index (χ4v) is 3.94. The molecular formula is C22H20Br2ClN3O5. The van der Waals surface area contributed by atoms with E-state index < -0.39 is 5.97 Å². The SMILES string of the molecule is COc1cc(C=Nn2c(C)nc3ccc(Br)cc3c2=O)c(Br)c(Cl)c1OCC(=O)OC(C)C. The van der Waals surface area contributed by atoms with Gasteiger partial charge in [-0.15, -0.1) is 0 Å². The molecule has 0 fully saturated rings. The van der Waals surface area contributed by atoms with Gasteiger partial charge < -0.3 is 14.2 Å². The number of ether oxygens (including phenoxy) is 3. The van der Waals surface area contributed by atoms with Crippen molar-refractivity contribution in [2.24, 2.45) is 5.10 Å². The van der Waals surface area contributed by atoms with Gasteiger partial charge in [-0.25, -0.2) is 9.78 Å². The van der Waals surface area contributed by atoms with Crippen molar-refractivity contribution < 1.29 is 19.0 Å². The molecule has 3 aromatic rings. The lowest BCUT2D eigenvalue weighted by Gasteiger charge is -2.15. The molecule has 0 amide bonds. The first-order valence-corrected chi connectivity index (χ1v) is 11.7. The smallest absolute Gasteiger partial charge is 0.344 e. The zero-order valence-electron chi connectivity index (χ0n) is 18.2. The largest absolute Gasteiger partial charge is 0.493 e. The molecule has 8 nitrogen and oxygen atoms in total. The second-order valence-electron chi connectivity index (χ2n) is 7.13. The molecule has 0 spiro atoms. The number of carbonyl (C=O) groups is 1. The standard InChI is InChI=1S/C22H20Br2ClN3O5/c1-11(2)33-18(29)10-32-21-17(31-4)7-13(19(24)20(21)25)9-26-28-12(3)27-16-6-5-14(23)8-15(16)22(28)30/h5-9,11H,10H2,1-4H3. The lowest BCUT2D eigenvalue weighted by atomic mass is 10.2. The van der Waals surface area contributed by atoms with E-state index >= 15 is 0 Å². The van der Waals surface area contributed by atoms with E-state index in [0.717, 1.165) is 4.47 Å². The van der Waals surface area contributed by atoms with Crippen LogP contribution in [0.4, 0.5) is 0 Å². The molecule has 0 unspecified atom stereocenters. The summed E-state index contributed by atoms with van der Waals surface area (Å²) in [5.41, 5.74) is 0.790. The average molecular weight is 602 g/mol. The van der Waals surface area contributed by atoms with Crippen LogP contribution in [0.1, 0.15) is 25.2 Å².